The zero-order chi connectivity index (χ0) is 21.8. The molecule has 2 saturated heterocycles. The highest BCUT2D eigenvalue weighted by Crippen LogP contribution is 2.28. The maximum Gasteiger partial charge on any atom is 0.187 e. The summed E-state index contributed by atoms with van der Waals surface area (Å²) in [5.41, 5.74) is 0.896. The van der Waals surface area contributed by atoms with Crippen LogP contribution in [-0.2, 0) is 20.8 Å². The fourth-order valence-corrected chi connectivity index (χ4v) is 3.64. The maximum absolute atomic E-state index is 10.8. The predicted molar refractivity (Wildman–Crippen MR) is 99.7 cm³/mol. The lowest BCUT2D eigenvalue weighted by atomic mass is 9.95. The molecule has 0 aromatic heterocycles. The normalized spacial score (nSPS) is 42.2. The van der Waals surface area contributed by atoms with Crippen molar-refractivity contribution in [1.29, 1.82) is 0 Å². The molecule has 0 amide bonds. The van der Waals surface area contributed by atoms with Crippen molar-refractivity contribution in [2.75, 3.05) is 13.2 Å². The highest BCUT2D eigenvalue weighted by Gasteiger charge is 2.50. The lowest BCUT2D eigenvalue weighted by Gasteiger charge is -2.46. The highest BCUT2D eigenvalue weighted by molar-refractivity contribution is 5.14. The second-order valence-corrected chi connectivity index (χ2v) is 7.43. The average molecular weight is 431 g/mol. The molecular formula is C19H29NO10. The molecule has 0 aliphatic carbocycles. The third-order valence-corrected chi connectivity index (χ3v) is 5.40. The quantitative estimate of drug-likeness (QED) is 0.214. The van der Waals surface area contributed by atoms with Crippen LogP contribution in [0, 0.1) is 0 Å². The summed E-state index contributed by atoms with van der Waals surface area (Å²) in [7, 11) is 0. The molecule has 4 unspecified atom stereocenters. The Labute approximate surface area is 173 Å². The fourth-order valence-electron chi connectivity index (χ4n) is 3.64. The number of hydrogen-bond acceptors (Lipinski definition) is 11. The van der Waals surface area contributed by atoms with Gasteiger partial charge in [0.25, 0.3) is 0 Å². The van der Waals surface area contributed by atoms with Gasteiger partial charge in [0, 0.05) is 6.54 Å². The summed E-state index contributed by atoms with van der Waals surface area (Å²) >= 11 is 0. The van der Waals surface area contributed by atoms with Crippen LogP contribution < -0.4 is 5.32 Å². The average Bonchev–Trinajstić information content (AvgIpc) is 2.76. The molecule has 170 valence electrons. The standard InChI is InChI=1S/C19H29NO10/c21-7-10-13(23)15(25)16(26)19(29-10)30-17-11(8-22)28-18(27)12(14(17)24)20-6-9-4-2-1-3-5-9/h1-5,10-27H,6-8H2/t10?,11?,12?,13-,14-,15+,16?,17-,18-,19-/m1/s1. The molecule has 0 spiro atoms. The van der Waals surface area contributed by atoms with Crippen molar-refractivity contribution < 1.29 is 50.0 Å². The molecule has 2 aliphatic heterocycles. The topological polar surface area (TPSA) is 181 Å². The smallest absolute Gasteiger partial charge is 0.187 e. The number of benzene rings is 1. The van der Waals surface area contributed by atoms with Crippen LogP contribution in [0.3, 0.4) is 0 Å². The Morgan fingerprint density at radius 2 is 1.47 bits per heavy atom. The first kappa shape index (κ1) is 23.4. The largest absolute Gasteiger partial charge is 0.394 e. The summed E-state index contributed by atoms with van der Waals surface area (Å²) in [6.07, 6.45) is -12.9. The van der Waals surface area contributed by atoms with Crippen molar-refractivity contribution in [2.45, 2.75) is 67.9 Å². The molecule has 2 heterocycles. The van der Waals surface area contributed by atoms with Crippen molar-refractivity contribution in [3.05, 3.63) is 35.9 Å². The first-order chi connectivity index (χ1) is 14.4. The van der Waals surface area contributed by atoms with Gasteiger partial charge in [-0.25, -0.2) is 0 Å². The number of nitrogens with one attached hydrogen (secondary N) is 1. The molecule has 30 heavy (non-hydrogen) atoms. The van der Waals surface area contributed by atoms with Gasteiger partial charge in [-0.1, -0.05) is 30.3 Å². The van der Waals surface area contributed by atoms with E-state index in [4.69, 9.17) is 14.2 Å². The Morgan fingerprint density at radius 1 is 0.800 bits per heavy atom. The minimum absolute atomic E-state index is 0.305. The second kappa shape index (κ2) is 10.4. The Morgan fingerprint density at radius 3 is 2.10 bits per heavy atom. The van der Waals surface area contributed by atoms with Crippen LogP contribution in [-0.4, -0.2) is 110 Å². The van der Waals surface area contributed by atoms with E-state index in [0.29, 0.717) is 6.54 Å². The Balaban J connectivity index is 1.71. The highest BCUT2D eigenvalue weighted by atomic mass is 16.7. The third kappa shape index (κ3) is 4.98. The number of aliphatic hydroxyl groups is 7. The van der Waals surface area contributed by atoms with E-state index >= 15 is 0 Å². The van der Waals surface area contributed by atoms with E-state index < -0.39 is 74.6 Å². The maximum atomic E-state index is 10.8. The summed E-state index contributed by atoms with van der Waals surface area (Å²) in [4.78, 5) is 0. The molecule has 10 atom stereocenters. The van der Waals surface area contributed by atoms with Gasteiger partial charge in [0.2, 0.25) is 0 Å². The third-order valence-electron chi connectivity index (χ3n) is 5.40. The first-order valence-corrected chi connectivity index (χ1v) is 9.73. The minimum atomic E-state index is -1.68. The Hall–Kier alpha value is -1.22. The number of ether oxygens (including phenoxy) is 3. The van der Waals surface area contributed by atoms with Gasteiger partial charge in [0.1, 0.15) is 42.7 Å². The lowest BCUT2D eigenvalue weighted by molar-refractivity contribution is -0.345. The van der Waals surface area contributed by atoms with Gasteiger partial charge in [-0.15, -0.1) is 0 Å². The monoisotopic (exact) mass is 431 g/mol. The van der Waals surface area contributed by atoms with Crippen LogP contribution in [0.25, 0.3) is 0 Å². The van der Waals surface area contributed by atoms with Crippen molar-refractivity contribution in [3.63, 3.8) is 0 Å². The fraction of sp³-hybridized carbons (Fsp3) is 0.684. The van der Waals surface area contributed by atoms with E-state index in [-0.39, 0.29) is 0 Å². The van der Waals surface area contributed by atoms with Crippen LogP contribution in [0.2, 0.25) is 0 Å². The van der Waals surface area contributed by atoms with Crippen LogP contribution in [0.15, 0.2) is 30.3 Å². The molecule has 11 heteroatoms. The van der Waals surface area contributed by atoms with Gasteiger partial charge >= 0.3 is 0 Å². The van der Waals surface area contributed by atoms with Gasteiger partial charge < -0.3 is 55.3 Å². The van der Waals surface area contributed by atoms with Crippen molar-refractivity contribution in [2.24, 2.45) is 0 Å². The van der Waals surface area contributed by atoms with Gasteiger partial charge in [-0.2, -0.15) is 0 Å². The molecule has 1 aromatic carbocycles. The molecular weight excluding hydrogens is 402 g/mol. The molecule has 2 aliphatic rings. The molecule has 0 radical (unpaired) electrons. The van der Waals surface area contributed by atoms with Gasteiger partial charge in [0.15, 0.2) is 12.6 Å². The van der Waals surface area contributed by atoms with Gasteiger partial charge in [-0.3, -0.25) is 0 Å². The lowest BCUT2D eigenvalue weighted by Crippen LogP contribution is -2.66. The summed E-state index contributed by atoms with van der Waals surface area (Å²) in [6.45, 7) is -0.945. The molecule has 11 nitrogen and oxygen atoms in total. The molecule has 3 rings (SSSR count). The zero-order valence-electron chi connectivity index (χ0n) is 16.1. The molecule has 8 N–H and O–H groups in total. The minimum Gasteiger partial charge on any atom is -0.394 e. The van der Waals surface area contributed by atoms with E-state index in [1.165, 1.54) is 0 Å². The van der Waals surface area contributed by atoms with Crippen LogP contribution in [0.4, 0.5) is 0 Å². The number of rotatable bonds is 7. The molecule has 0 bridgehead atoms. The van der Waals surface area contributed by atoms with E-state index in [1.54, 1.807) is 0 Å². The number of aliphatic hydroxyl groups excluding tert-OH is 7. The molecule has 1 aromatic rings. The zero-order valence-corrected chi connectivity index (χ0v) is 16.1. The molecule has 2 fully saturated rings. The van der Waals surface area contributed by atoms with Crippen LogP contribution >= 0.6 is 0 Å². The van der Waals surface area contributed by atoms with Crippen LogP contribution in [0.5, 0.6) is 0 Å². The van der Waals surface area contributed by atoms with Crippen LogP contribution in [0.1, 0.15) is 5.56 Å². The summed E-state index contributed by atoms with van der Waals surface area (Å²) in [5.74, 6) is 0. The number of hydrogen-bond donors (Lipinski definition) is 8. The summed E-state index contributed by atoms with van der Waals surface area (Å²) in [6, 6.07) is 8.25. The van der Waals surface area contributed by atoms with E-state index in [2.05, 4.69) is 5.32 Å². The first-order valence-electron chi connectivity index (χ1n) is 9.73. The Bertz CT molecular complexity index is 649. The Kier molecular flexibility index (Phi) is 8.12. The van der Waals surface area contributed by atoms with Crippen molar-refractivity contribution >= 4 is 0 Å². The van der Waals surface area contributed by atoms with Gasteiger partial charge in [0.05, 0.1) is 19.3 Å². The van der Waals surface area contributed by atoms with Gasteiger partial charge in [-0.05, 0) is 5.56 Å². The van der Waals surface area contributed by atoms with E-state index in [1.807, 2.05) is 30.3 Å². The van der Waals surface area contributed by atoms with Crippen molar-refractivity contribution in [1.82, 2.24) is 5.32 Å². The van der Waals surface area contributed by atoms with E-state index in [0.717, 1.165) is 5.56 Å². The molecule has 0 saturated carbocycles. The van der Waals surface area contributed by atoms with Crippen molar-refractivity contribution in [3.8, 4) is 0 Å². The van der Waals surface area contributed by atoms with E-state index in [9.17, 15) is 35.7 Å². The second-order valence-electron chi connectivity index (χ2n) is 7.43. The predicted octanol–water partition coefficient (Wildman–Crippen LogP) is -3.60. The summed E-state index contributed by atoms with van der Waals surface area (Å²) in [5, 5.41) is 72.9. The summed E-state index contributed by atoms with van der Waals surface area (Å²) < 4.78 is 16.3. The SMILES string of the molecule is OCC1O[C@H](O[C@@H]2C(CO)O[C@@H](O)C(NCc3ccccc3)[C@H]2O)C(O)[C@@H](O)[C@@H]1O.